The third-order valence-electron chi connectivity index (χ3n) is 3.92. The number of hydrogen-bond acceptors (Lipinski definition) is 4. The SMILES string of the molecule is CN(CCN1CCCC1)C(=O)c1ccc2c(c1)OCO2. The molecule has 2 heterocycles. The minimum absolute atomic E-state index is 0.0301. The number of carbonyl (C=O) groups is 1. The number of benzene rings is 1. The van der Waals surface area contributed by atoms with Crippen molar-refractivity contribution in [3.8, 4) is 11.5 Å². The molecule has 0 unspecified atom stereocenters. The molecule has 0 atom stereocenters. The summed E-state index contributed by atoms with van der Waals surface area (Å²) in [5.74, 6) is 1.40. The van der Waals surface area contributed by atoms with E-state index in [9.17, 15) is 4.79 Å². The van der Waals surface area contributed by atoms with Crippen LogP contribution in [-0.2, 0) is 0 Å². The molecule has 3 rings (SSSR count). The van der Waals surface area contributed by atoms with Crippen LogP contribution in [0.2, 0.25) is 0 Å². The Morgan fingerprint density at radius 3 is 2.80 bits per heavy atom. The summed E-state index contributed by atoms with van der Waals surface area (Å²) < 4.78 is 10.6. The molecule has 0 bridgehead atoms. The molecule has 1 fully saturated rings. The molecule has 1 saturated heterocycles. The fourth-order valence-electron chi connectivity index (χ4n) is 2.65. The molecule has 108 valence electrons. The number of ether oxygens (including phenoxy) is 2. The van der Waals surface area contributed by atoms with Gasteiger partial charge in [0.25, 0.3) is 5.91 Å². The van der Waals surface area contributed by atoms with Gasteiger partial charge in [0.05, 0.1) is 0 Å². The van der Waals surface area contributed by atoms with Crippen molar-refractivity contribution < 1.29 is 14.3 Å². The van der Waals surface area contributed by atoms with Crippen molar-refractivity contribution in [1.29, 1.82) is 0 Å². The summed E-state index contributed by atoms with van der Waals surface area (Å²) >= 11 is 0. The first-order chi connectivity index (χ1) is 9.74. The molecule has 0 N–H and O–H groups in total. The van der Waals surface area contributed by atoms with Crippen molar-refractivity contribution in [2.24, 2.45) is 0 Å². The Hall–Kier alpha value is -1.75. The van der Waals surface area contributed by atoms with Gasteiger partial charge in [0, 0.05) is 25.7 Å². The smallest absolute Gasteiger partial charge is 0.253 e. The molecule has 2 aliphatic rings. The number of likely N-dealkylation sites (N-methyl/N-ethyl adjacent to an activating group) is 1. The van der Waals surface area contributed by atoms with Crippen LogP contribution in [0.4, 0.5) is 0 Å². The van der Waals surface area contributed by atoms with Crippen molar-refractivity contribution >= 4 is 5.91 Å². The number of rotatable bonds is 4. The largest absolute Gasteiger partial charge is 0.454 e. The number of hydrogen-bond donors (Lipinski definition) is 0. The van der Waals surface area contributed by atoms with Crippen LogP contribution >= 0.6 is 0 Å². The average molecular weight is 276 g/mol. The van der Waals surface area contributed by atoms with E-state index in [0.717, 1.165) is 26.2 Å². The van der Waals surface area contributed by atoms with E-state index in [4.69, 9.17) is 9.47 Å². The quantitative estimate of drug-likeness (QED) is 0.837. The summed E-state index contributed by atoms with van der Waals surface area (Å²) in [4.78, 5) is 16.5. The summed E-state index contributed by atoms with van der Waals surface area (Å²) in [5.41, 5.74) is 0.651. The van der Waals surface area contributed by atoms with Gasteiger partial charge in [-0.2, -0.15) is 0 Å². The Kier molecular flexibility index (Phi) is 3.78. The van der Waals surface area contributed by atoms with E-state index in [1.165, 1.54) is 12.8 Å². The summed E-state index contributed by atoms with van der Waals surface area (Å²) in [7, 11) is 1.85. The Morgan fingerprint density at radius 1 is 1.25 bits per heavy atom. The standard InChI is InChI=1S/C15H20N2O3/c1-16(8-9-17-6-2-3-7-17)15(18)12-4-5-13-14(10-12)20-11-19-13/h4-5,10H,2-3,6-9,11H2,1H3. The first-order valence-corrected chi connectivity index (χ1v) is 7.11. The van der Waals surface area contributed by atoms with Gasteiger partial charge in [0.1, 0.15) is 0 Å². The molecule has 0 spiro atoms. The molecule has 1 amide bonds. The van der Waals surface area contributed by atoms with Crippen LogP contribution in [0.1, 0.15) is 23.2 Å². The molecule has 0 aliphatic carbocycles. The Morgan fingerprint density at radius 2 is 2.00 bits per heavy atom. The van der Waals surface area contributed by atoms with Gasteiger partial charge in [-0.3, -0.25) is 4.79 Å². The lowest BCUT2D eigenvalue weighted by Crippen LogP contribution is -2.35. The van der Waals surface area contributed by atoms with Gasteiger partial charge in [-0.25, -0.2) is 0 Å². The number of carbonyl (C=O) groups excluding carboxylic acids is 1. The van der Waals surface area contributed by atoms with Crippen LogP contribution in [0, 0.1) is 0 Å². The second kappa shape index (κ2) is 5.71. The average Bonchev–Trinajstić information content (AvgIpc) is 3.13. The lowest BCUT2D eigenvalue weighted by molar-refractivity contribution is 0.0782. The highest BCUT2D eigenvalue weighted by Gasteiger charge is 2.19. The highest BCUT2D eigenvalue weighted by Crippen LogP contribution is 2.32. The fraction of sp³-hybridized carbons (Fsp3) is 0.533. The summed E-state index contributed by atoms with van der Waals surface area (Å²) in [6, 6.07) is 5.35. The van der Waals surface area contributed by atoms with Crippen molar-refractivity contribution in [2.75, 3.05) is 40.0 Å². The first kappa shape index (κ1) is 13.2. The molecule has 0 saturated carbocycles. The van der Waals surface area contributed by atoms with Crippen LogP contribution in [0.5, 0.6) is 11.5 Å². The minimum atomic E-state index is 0.0301. The normalized spacial score (nSPS) is 17.4. The van der Waals surface area contributed by atoms with Crippen molar-refractivity contribution in [1.82, 2.24) is 9.80 Å². The second-order valence-corrected chi connectivity index (χ2v) is 5.34. The Labute approximate surface area is 119 Å². The van der Waals surface area contributed by atoms with Gasteiger partial charge in [0.15, 0.2) is 11.5 Å². The Bertz CT molecular complexity index is 498. The third-order valence-corrected chi connectivity index (χ3v) is 3.92. The molecule has 5 heteroatoms. The van der Waals surface area contributed by atoms with E-state index < -0.39 is 0 Å². The van der Waals surface area contributed by atoms with Crippen molar-refractivity contribution in [3.63, 3.8) is 0 Å². The topological polar surface area (TPSA) is 42.0 Å². The fourth-order valence-corrected chi connectivity index (χ4v) is 2.65. The maximum absolute atomic E-state index is 12.4. The lowest BCUT2D eigenvalue weighted by atomic mass is 10.2. The highest BCUT2D eigenvalue weighted by atomic mass is 16.7. The van der Waals surface area contributed by atoms with E-state index in [-0.39, 0.29) is 12.7 Å². The predicted octanol–water partition coefficient (Wildman–Crippen LogP) is 1.58. The van der Waals surface area contributed by atoms with Gasteiger partial charge in [-0.05, 0) is 44.1 Å². The maximum Gasteiger partial charge on any atom is 0.253 e. The number of likely N-dealkylation sites (tertiary alicyclic amines) is 1. The minimum Gasteiger partial charge on any atom is -0.454 e. The second-order valence-electron chi connectivity index (χ2n) is 5.34. The summed E-state index contributed by atoms with van der Waals surface area (Å²) in [6.07, 6.45) is 2.56. The van der Waals surface area contributed by atoms with Crippen LogP contribution in [0.3, 0.4) is 0 Å². The third kappa shape index (κ3) is 2.72. The molecule has 0 radical (unpaired) electrons. The molecule has 2 aliphatic heterocycles. The first-order valence-electron chi connectivity index (χ1n) is 7.11. The van der Waals surface area contributed by atoms with Crippen LogP contribution < -0.4 is 9.47 Å². The molecule has 1 aromatic rings. The zero-order chi connectivity index (χ0) is 13.9. The van der Waals surface area contributed by atoms with Gasteiger partial charge in [0.2, 0.25) is 6.79 Å². The summed E-state index contributed by atoms with van der Waals surface area (Å²) in [6.45, 7) is 4.26. The van der Waals surface area contributed by atoms with E-state index in [1.54, 1.807) is 23.1 Å². The van der Waals surface area contributed by atoms with Gasteiger partial charge in [-0.1, -0.05) is 0 Å². The van der Waals surface area contributed by atoms with Gasteiger partial charge in [-0.15, -0.1) is 0 Å². The molecule has 5 nitrogen and oxygen atoms in total. The number of fused-ring (bicyclic) bond motifs is 1. The maximum atomic E-state index is 12.4. The highest BCUT2D eigenvalue weighted by molar-refractivity contribution is 5.94. The molecular formula is C15H20N2O3. The molecular weight excluding hydrogens is 256 g/mol. The number of amides is 1. The molecule has 20 heavy (non-hydrogen) atoms. The van der Waals surface area contributed by atoms with E-state index in [1.807, 2.05) is 7.05 Å². The predicted molar refractivity (Wildman–Crippen MR) is 75.2 cm³/mol. The number of nitrogens with zero attached hydrogens (tertiary/aromatic N) is 2. The van der Waals surface area contributed by atoms with Crippen molar-refractivity contribution in [2.45, 2.75) is 12.8 Å². The zero-order valence-corrected chi connectivity index (χ0v) is 11.8. The van der Waals surface area contributed by atoms with Crippen molar-refractivity contribution in [3.05, 3.63) is 23.8 Å². The van der Waals surface area contributed by atoms with Gasteiger partial charge < -0.3 is 19.3 Å². The van der Waals surface area contributed by atoms with Crippen LogP contribution in [-0.4, -0.2) is 55.7 Å². The van der Waals surface area contributed by atoms with E-state index in [2.05, 4.69) is 4.90 Å². The van der Waals surface area contributed by atoms with Crippen LogP contribution in [0.15, 0.2) is 18.2 Å². The molecule has 1 aromatic carbocycles. The van der Waals surface area contributed by atoms with E-state index in [0.29, 0.717) is 17.1 Å². The molecule has 0 aromatic heterocycles. The lowest BCUT2D eigenvalue weighted by Gasteiger charge is -2.21. The Balaban J connectivity index is 1.59. The monoisotopic (exact) mass is 276 g/mol. The summed E-state index contributed by atoms with van der Waals surface area (Å²) in [5, 5.41) is 0. The van der Waals surface area contributed by atoms with E-state index >= 15 is 0 Å². The van der Waals surface area contributed by atoms with Crippen LogP contribution in [0.25, 0.3) is 0 Å². The van der Waals surface area contributed by atoms with Gasteiger partial charge >= 0.3 is 0 Å². The zero-order valence-electron chi connectivity index (χ0n) is 11.8.